The molecule has 0 bridgehead atoms. The van der Waals surface area contributed by atoms with Crippen molar-refractivity contribution in [3.05, 3.63) is 41.0 Å². The standard InChI is InChI=1S/C21H26O3/c1-21-8-7-16-15-6-4-14(22-2)11-13(15)3-5-17(16)18(21)12-19-20(21)24-10-9-23-19/h4-6,11,16,18-20H,3,7-10,12H2,1-2H3/t16-,18+,19?,20?,21+/m1/s1. The average molecular weight is 326 g/mol. The average Bonchev–Trinajstić information content (AvgIpc) is 2.94. The molecule has 0 radical (unpaired) electrons. The number of hydrogen-bond acceptors (Lipinski definition) is 3. The number of fused-ring (bicyclic) bond motifs is 7. The second-order valence-electron chi connectivity index (χ2n) is 8.06. The summed E-state index contributed by atoms with van der Waals surface area (Å²) in [6, 6.07) is 6.64. The van der Waals surface area contributed by atoms with Crippen molar-refractivity contribution < 1.29 is 14.2 Å². The lowest BCUT2D eigenvalue weighted by atomic mass is 9.59. The van der Waals surface area contributed by atoms with Gasteiger partial charge in [-0.1, -0.05) is 24.6 Å². The lowest BCUT2D eigenvalue weighted by molar-refractivity contribution is -0.158. The first-order chi connectivity index (χ1) is 11.7. The van der Waals surface area contributed by atoms with Gasteiger partial charge >= 0.3 is 0 Å². The zero-order chi connectivity index (χ0) is 16.3. The lowest BCUT2D eigenvalue weighted by Crippen LogP contribution is -2.45. The Kier molecular flexibility index (Phi) is 3.33. The first-order valence-electron chi connectivity index (χ1n) is 9.30. The van der Waals surface area contributed by atoms with Crippen LogP contribution in [-0.2, 0) is 15.9 Å². The minimum Gasteiger partial charge on any atom is -0.497 e. The predicted molar refractivity (Wildman–Crippen MR) is 92.5 cm³/mol. The van der Waals surface area contributed by atoms with E-state index in [9.17, 15) is 0 Å². The third kappa shape index (κ3) is 1.98. The first kappa shape index (κ1) is 15.0. The number of rotatable bonds is 1. The van der Waals surface area contributed by atoms with Gasteiger partial charge in [-0.25, -0.2) is 0 Å². The highest BCUT2D eigenvalue weighted by Gasteiger charge is 2.58. The molecule has 0 amide bonds. The Morgan fingerprint density at radius 3 is 2.96 bits per heavy atom. The minimum absolute atomic E-state index is 0.247. The minimum atomic E-state index is 0.247. The predicted octanol–water partition coefficient (Wildman–Crippen LogP) is 3.87. The number of ether oxygens (including phenoxy) is 3. The monoisotopic (exact) mass is 326 g/mol. The molecule has 3 nitrogen and oxygen atoms in total. The van der Waals surface area contributed by atoms with Gasteiger partial charge in [0.05, 0.1) is 32.5 Å². The van der Waals surface area contributed by atoms with Crippen LogP contribution in [0.2, 0.25) is 0 Å². The van der Waals surface area contributed by atoms with E-state index in [1.165, 1.54) is 24.0 Å². The van der Waals surface area contributed by atoms with Gasteiger partial charge in [-0.05, 0) is 54.9 Å². The second kappa shape index (κ2) is 5.34. The summed E-state index contributed by atoms with van der Waals surface area (Å²) < 4.78 is 17.7. The van der Waals surface area contributed by atoms with Crippen LogP contribution in [0.3, 0.4) is 0 Å². The van der Waals surface area contributed by atoms with Gasteiger partial charge in [0, 0.05) is 11.3 Å². The maximum Gasteiger partial charge on any atom is 0.119 e. The van der Waals surface area contributed by atoms with Gasteiger partial charge in [0.15, 0.2) is 0 Å². The summed E-state index contributed by atoms with van der Waals surface area (Å²) in [7, 11) is 1.75. The smallest absolute Gasteiger partial charge is 0.119 e. The highest BCUT2D eigenvalue weighted by molar-refractivity contribution is 5.47. The van der Waals surface area contributed by atoms with Crippen molar-refractivity contribution in [3.8, 4) is 5.75 Å². The van der Waals surface area contributed by atoms with E-state index in [0.29, 0.717) is 17.9 Å². The van der Waals surface area contributed by atoms with E-state index >= 15 is 0 Å². The fourth-order valence-corrected chi connectivity index (χ4v) is 5.85. The normalized spacial score (nSPS) is 40.0. The molecule has 0 N–H and O–H groups in total. The Morgan fingerprint density at radius 2 is 2.08 bits per heavy atom. The molecule has 0 spiro atoms. The number of hydrogen-bond donors (Lipinski definition) is 0. The van der Waals surface area contributed by atoms with Crippen LogP contribution in [0.15, 0.2) is 29.8 Å². The summed E-state index contributed by atoms with van der Waals surface area (Å²) in [5, 5.41) is 0. The Bertz CT molecular complexity index is 694. The van der Waals surface area contributed by atoms with Crippen LogP contribution in [0.5, 0.6) is 5.75 Å². The van der Waals surface area contributed by atoms with Crippen molar-refractivity contribution in [2.75, 3.05) is 20.3 Å². The lowest BCUT2D eigenvalue weighted by Gasteiger charge is -2.47. The molecule has 1 saturated heterocycles. The fraction of sp³-hybridized carbons (Fsp3) is 0.619. The molecule has 2 unspecified atom stereocenters. The SMILES string of the molecule is COc1ccc2c(c1)CC=C1[C@@H]2CC[C@]2(C)C3OCCOC3C[C@@H]12. The molecule has 1 aromatic carbocycles. The third-order valence-electron chi connectivity index (χ3n) is 7.02. The summed E-state index contributed by atoms with van der Waals surface area (Å²) in [6.45, 7) is 3.96. The molecular weight excluding hydrogens is 300 g/mol. The quantitative estimate of drug-likeness (QED) is 0.733. The number of allylic oxidation sites excluding steroid dienone is 2. The molecule has 128 valence electrons. The van der Waals surface area contributed by atoms with Crippen LogP contribution in [-0.4, -0.2) is 32.5 Å². The van der Waals surface area contributed by atoms with Crippen molar-refractivity contribution in [1.29, 1.82) is 0 Å². The molecular formula is C21H26O3. The summed E-state index contributed by atoms with van der Waals surface area (Å²) in [4.78, 5) is 0. The molecule has 5 atom stereocenters. The molecule has 1 aromatic rings. The molecule has 3 aliphatic carbocycles. The Balaban J connectivity index is 1.51. The Hall–Kier alpha value is -1.32. The highest BCUT2D eigenvalue weighted by atomic mass is 16.6. The molecule has 1 heterocycles. The molecule has 2 saturated carbocycles. The van der Waals surface area contributed by atoms with Crippen LogP contribution >= 0.6 is 0 Å². The van der Waals surface area contributed by atoms with E-state index in [1.54, 1.807) is 12.7 Å². The largest absolute Gasteiger partial charge is 0.497 e. The van der Waals surface area contributed by atoms with Gasteiger partial charge in [0.25, 0.3) is 0 Å². The molecule has 0 aromatic heterocycles. The van der Waals surface area contributed by atoms with Gasteiger partial charge in [0.2, 0.25) is 0 Å². The topological polar surface area (TPSA) is 27.7 Å². The summed E-state index contributed by atoms with van der Waals surface area (Å²) in [6.07, 6.45) is 7.71. The number of benzene rings is 1. The highest BCUT2D eigenvalue weighted by Crippen LogP contribution is 2.61. The van der Waals surface area contributed by atoms with Crippen LogP contribution in [0.1, 0.15) is 43.2 Å². The zero-order valence-electron chi connectivity index (χ0n) is 14.6. The van der Waals surface area contributed by atoms with E-state index < -0.39 is 0 Å². The summed E-state index contributed by atoms with van der Waals surface area (Å²) in [5.41, 5.74) is 4.86. The van der Waals surface area contributed by atoms with Crippen LogP contribution < -0.4 is 4.74 Å². The maximum absolute atomic E-state index is 6.19. The Labute approximate surface area is 144 Å². The molecule has 5 rings (SSSR count). The summed E-state index contributed by atoms with van der Waals surface area (Å²) >= 11 is 0. The second-order valence-corrected chi connectivity index (χ2v) is 8.06. The molecule has 4 aliphatic rings. The van der Waals surface area contributed by atoms with Gasteiger partial charge in [-0.15, -0.1) is 0 Å². The van der Waals surface area contributed by atoms with Gasteiger partial charge in [0.1, 0.15) is 5.75 Å². The van der Waals surface area contributed by atoms with Crippen LogP contribution in [0, 0.1) is 11.3 Å². The molecule has 24 heavy (non-hydrogen) atoms. The zero-order valence-corrected chi connectivity index (χ0v) is 14.6. The van der Waals surface area contributed by atoms with Gasteiger partial charge < -0.3 is 14.2 Å². The van der Waals surface area contributed by atoms with Crippen molar-refractivity contribution in [2.45, 2.75) is 50.7 Å². The van der Waals surface area contributed by atoms with Gasteiger partial charge in [-0.2, -0.15) is 0 Å². The third-order valence-corrected chi connectivity index (χ3v) is 7.02. The fourth-order valence-electron chi connectivity index (χ4n) is 5.85. The Morgan fingerprint density at radius 1 is 1.21 bits per heavy atom. The van der Waals surface area contributed by atoms with E-state index in [2.05, 4.69) is 31.2 Å². The van der Waals surface area contributed by atoms with Gasteiger partial charge in [-0.3, -0.25) is 0 Å². The molecule has 3 heteroatoms. The first-order valence-corrected chi connectivity index (χ1v) is 9.30. The van der Waals surface area contributed by atoms with Crippen LogP contribution in [0.4, 0.5) is 0 Å². The van der Waals surface area contributed by atoms with E-state index in [4.69, 9.17) is 14.2 Å². The van der Waals surface area contributed by atoms with E-state index in [1.807, 2.05) is 0 Å². The van der Waals surface area contributed by atoms with E-state index in [0.717, 1.165) is 31.8 Å². The van der Waals surface area contributed by atoms with Crippen molar-refractivity contribution in [3.63, 3.8) is 0 Å². The number of methoxy groups -OCH3 is 1. The van der Waals surface area contributed by atoms with Crippen molar-refractivity contribution in [1.82, 2.24) is 0 Å². The molecule has 3 fully saturated rings. The molecule has 1 aliphatic heterocycles. The summed E-state index contributed by atoms with van der Waals surface area (Å²) in [5.74, 6) is 2.16. The maximum atomic E-state index is 6.19. The van der Waals surface area contributed by atoms with Crippen LogP contribution in [0.25, 0.3) is 0 Å². The van der Waals surface area contributed by atoms with Crippen molar-refractivity contribution in [2.24, 2.45) is 11.3 Å². The van der Waals surface area contributed by atoms with Crippen molar-refractivity contribution >= 4 is 0 Å². The van der Waals surface area contributed by atoms with E-state index in [-0.39, 0.29) is 11.5 Å².